The van der Waals surface area contributed by atoms with Crippen molar-refractivity contribution in [2.24, 2.45) is 0 Å². The molecular formula is C16H22N2O2. The van der Waals surface area contributed by atoms with Crippen molar-refractivity contribution in [1.29, 1.82) is 0 Å². The van der Waals surface area contributed by atoms with Crippen LogP contribution in [0.3, 0.4) is 0 Å². The summed E-state index contributed by atoms with van der Waals surface area (Å²) in [4.78, 5) is 23.3. The maximum atomic E-state index is 12.1. The molecule has 1 aromatic rings. The molecule has 1 atom stereocenters. The van der Waals surface area contributed by atoms with Crippen LogP contribution < -0.4 is 10.6 Å². The first-order valence-electron chi connectivity index (χ1n) is 6.99. The van der Waals surface area contributed by atoms with Crippen LogP contribution in [0.5, 0.6) is 0 Å². The Hall–Kier alpha value is -1.84. The van der Waals surface area contributed by atoms with Gasteiger partial charge >= 0.3 is 0 Å². The van der Waals surface area contributed by atoms with Gasteiger partial charge in [0.05, 0.1) is 0 Å². The van der Waals surface area contributed by atoms with Gasteiger partial charge in [-0.15, -0.1) is 0 Å². The fraction of sp³-hybridized carbons (Fsp3) is 0.500. The lowest BCUT2D eigenvalue weighted by atomic mass is 9.86. The van der Waals surface area contributed by atoms with Crippen LogP contribution in [0.15, 0.2) is 18.2 Å². The Morgan fingerprint density at radius 2 is 2.05 bits per heavy atom. The standard InChI is InChI=1S/C16H22N2O2/c1-10-5-6-11(16(2,3)4)9-13(10)18-15(20)12-7-8-14(19)17-12/h5-6,9,12H,7-8H2,1-4H3,(H,17,19)(H,18,20). The van der Waals surface area contributed by atoms with Gasteiger partial charge in [-0.3, -0.25) is 9.59 Å². The van der Waals surface area contributed by atoms with Crippen molar-refractivity contribution in [2.45, 2.75) is 52.0 Å². The van der Waals surface area contributed by atoms with Crippen molar-refractivity contribution in [3.05, 3.63) is 29.3 Å². The van der Waals surface area contributed by atoms with Gasteiger partial charge in [0.15, 0.2) is 0 Å². The summed E-state index contributed by atoms with van der Waals surface area (Å²) in [5.41, 5.74) is 3.06. The summed E-state index contributed by atoms with van der Waals surface area (Å²) < 4.78 is 0. The molecule has 108 valence electrons. The SMILES string of the molecule is Cc1ccc(C(C)(C)C)cc1NC(=O)C1CCC(=O)N1. The van der Waals surface area contributed by atoms with E-state index in [1.165, 1.54) is 5.56 Å². The van der Waals surface area contributed by atoms with E-state index in [-0.39, 0.29) is 17.2 Å². The van der Waals surface area contributed by atoms with E-state index in [2.05, 4.69) is 37.5 Å². The summed E-state index contributed by atoms with van der Waals surface area (Å²) in [6.07, 6.45) is 1.00. The van der Waals surface area contributed by atoms with Crippen LogP contribution >= 0.6 is 0 Å². The monoisotopic (exact) mass is 274 g/mol. The molecule has 1 unspecified atom stereocenters. The van der Waals surface area contributed by atoms with Gasteiger partial charge in [0.2, 0.25) is 11.8 Å². The van der Waals surface area contributed by atoms with E-state index in [0.717, 1.165) is 11.3 Å². The molecule has 1 aromatic carbocycles. The summed E-state index contributed by atoms with van der Waals surface area (Å²) in [5.74, 6) is -0.185. The molecule has 0 bridgehead atoms. The van der Waals surface area contributed by atoms with E-state index < -0.39 is 6.04 Å². The second-order valence-corrected chi connectivity index (χ2v) is 6.43. The fourth-order valence-electron chi connectivity index (χ4n) is 2.25. The van der Waals surface area contributed by atoms with E-state index in [0.29, 0.717) is 12.8 Å². The average molecular weight is 274 g/mol. The van der Waals surface area contributed by atoms with Crippen LogP contribution in [-0.2, 0) is 15.0 Å². The topological polar surface area (TPSA) is 58.2 Å². The lowest BCUT2D eigenvalue weighted by molar-refractivity contribution is -0.122. The number of hydrogen-bond acceptors (Lipinski definition) is 2. The number of aryl methyl sites for hydroxylation is 1. The molecule has 0 spiro atoms. The number of carbonyl (C=O) groups is 2. The van der Waals surface area contributed by atoms with Gasteiger partial charge in [-0.1, -0.05) is 32.9 Å². The molecule has 1 aliphatic rings. The van der Waals surface area contributed by atoms with Crippen molar-refractivity contribution < 1.29 is 9.59 Å². The molecule has 2 rings (SSSR count). The second kappa shape index (κ2) is 5.27. The maximum Gasteiger partial charge on any atom is 0.246 e. The van der Waals surface area contributed by atoms with E-state index in [1.807, 2.05) is 19.1 Å². The van der Waals surface area contributed by atoms with Gasteiger partial charge in [0, 0.05) is 12.1 Å². The largest absolute Gasteiger partial charge is 0.344 e. The molecule has 20 heavy (non-hydrogen) atoms. The fourth-order valence-corrected chi connectivity index (χ4v) is 2.25. The van der Waals surface area contributed by atoms with Gasteiger partial charge in [-0.05, 0) is 36.0 Å². The number of amides is 2. The lowest BCUT2D eigenvalue weighted by Gasteiger charge is -2.21. The molecule has 4 nitrogen and oxygen atoms in total. The highest BCUT2D eigenvalue weighted by molar-refractivity contribution is 5.99. The van der Waals surface area contributed by atoms with Crippen LogP contribution in [0, 0.1) is 6.92 Å². The van der Waals surface area contributed by atoms with E-state index in [4.69, 9.17) is 0 Å². The van der Waals surface area contributed by atoms with Gasteiger partial charge in [-0.25, -0.2) is 0 Å². The zero-order chi connectivity index (χ0) is 14.9. The van der Waals surface area contributed by atoms with Crippen molar-refractivity contribution in [3.8, 4) is 0 Å². The van der Waals surface area contributed by atoms with Crippen molar-refractivity contribution in [1.82, 2.24) is 5.32 Å². The number of rotatable bonds is 2. The zero-order valence-electron chi connectivity index (χ0n) is 12.5. The molecule has 2 amide bonds. The molecule has 4 heteroatoms. The summed E-state index contributed by atoms with van der Waals surface area (Å²) in [6, 6.07) is 5.72. The van der Waals surface area contributed by atoms with Crippen molar-refractivity contribution >= 4 is 17.5 Å². The highest BCUT2D eigenvalue weighted by Gasteiger charge is 2.27. The van der Waals surface area contributed by atoms with E-state index in [9.17, 15) is 9.59 Å². The summed E-state index contributed by atoms with van der Waals surface area (Å²) >= 11 is 0. The average Bonchev–Trinajstić information content (AvgIpc) is 2.77. The lowest BCUT2D eigenvalue weighted by Crippen LogP contribution is -2.37. The van der Waals surface area contributed by atoms with Gasteiger partial charge < -0.3 is 10.6 Å². The van der Waals surface area contributed by atoms with Crippen molar-refractivity contribution in [2.75, 3.05) is 5.32 Å². The van der Waals surface area contributed by atoms with E-state index in [1.54, 1.807) is 0 Å². The molecule has 1 saturated heterocycles. The molecule has 0 radical (unpaired) electrons. The highest BCUT2D eigenvalue weighted by atomic mass is 16.2. The third-order valence-electron chi connectivity index (χ3n) is 3.67. The maximum absolute atomic E-state index is 12.1. The summed E-state index contributed by atoms with van der Waals surface area (Å²) in [6.45, 7) is 8.39. The molecule has 0 saturated carbocycles. The number of nitrogens with one attached hydrogen (secondary N) is 2. The minimum Gasteiger partial charge on any atom is -0.344 e. The van der Waals surface area contributed by atoms with Crippen LogP contribution in [0.25, 0.3) is 0 Å². The minimum absolute atomic E-state index is 0.0365. The smallest absolute Gasteiger partial charge is 0.246 e. The Kier molecular flexibility index (Phi) is 3.84. The molecule has 2 N–H and O–H groups in total. The second-order valence-electron chi connectivity index (χ2n) is 6.43. The highest BCUT2D eigenvalue weighted by Crippen LogP contribution is 2.27. The van der Waals surface area contributed by atoms with Gasteiger partial charge in [0.25, 0.3) is 0 Å². The predicted octanol–water partition coefficient (Wildman–Crippen LogP) is 2.51. The van der Waals surface area contributed by atoms with E-state index >= 15 is 0 Å². The molecule has 1 aliphatic heterocycles. The molecule has 0 aromatic heterocycles. The quantitative estimate of drug-likeness (QED) is 0.870. The number of carbonyl (C=O) groups excluding carboxylic acids is 2. The Morgan fingerprint density at radius 1 is 1.35 bits per heavy atom. The Morgan fingerprint density at radius 3 is 2.60 bits per heavy atom. The molecule has 1 fully saturated rings. The summed E-state index contributed by atoms with van der Waals surface area (Å²) in [7, 11) is 0. The van der Waals surface area contributed by atoms with Crippen molar-refractivity contribution in [3.63, 3.8) is 0 Å². The number of benzene rings is 1. The first kappa shape index (κ1) is 14.6. The van der Waals surface area contributed by atoms with Gasteiger partial charge in [-0.2, -0.15) is 0 Å². The van der Waals surface area contributed by atoms with Gasteiger partial charge in [0.1, 0.15) is 6.04 Å². The Labute approximate surface area is 119 Å². The van der Waals surface area contributed by atoms with Crippen LogP contribution in [0.2, 0.25) is 0 Å². The first-order chi connectivity index (χ1) is 9.27. The minimum atomic E-state index is -0.403. The molecular weight excluding hydrogens is 252 g/mol. The number of hydrogen-bond donors (Lipinski definition) is 2. The zero-order valence-corrected chi connectivity index (χ0v) is 12.5. The predicted molar refractivity (Wildman–Crippen MR) is 79.7 cm³/mol. The van der Waals surface area contributed by atoms with Crippen LogP contribution in [0.4, 0.5) is 5.69 Å². The Balaban J connectivity index is 2.16. The molecule has 0 aliphatic carbocycles. The normalized spacial score (nSPS) is 18.8. The van der Waals surface area contributed by atoms with Crippen LogP contribution in [0.1, 0.15) is 44.7 Å². The first-order valence-corrected chi connectivity index (χ1v) is 6.99. The third kappa shape index (κ3) is 3.18. The van der Waals surface area contributed by atoms with Crippen LogP contribution in [-0.4, -0.2) is 17.9 Å². The molecule has 1 heterocycles. The third-order valence-corrected chi connectivity index (χ3v) is 3.67. The number of anilines is 1. The summed E-state index contributed by atoms with van der Waals surface area (Å²) in [5, 5.41) is 5.62. The Bertz CT molecular complexity index is 544.